The molecule has 0 radical (unpaired) electrons. The van der Waals surface area contributed by atoms with E-state index < -0.39 is 23.6 Å². The van der Waals surface area contributed by atoms with Crippen molar-refractivity contribution in [2.45, 2.75) is 31.3 Å². The van der Waals surface area contributed by atoms with Gasteiger partial charge < -0.3 is 20.9 Å². The first-order valence-corrected chi connectivity index (χ1v) is 12.5. The Balaban J connectivity index is 1.48. The molecule has 0 aliphatic heterocycles. The molecule has 10 heteroatoms. The van der Waals surface area contributed by atoms with Crippen LogP contribution in [0.2, 0.25) is 0 Å². The average Bonchev–Trinajstić information content (AvgIpc) is 3.66. The van der Waals surface area contributed by atoms with Gasteiger partial charge in [-0.3, -0.25) is 4.79 Å². The summed E-state index contributed by atoms with van der Waals surface area (Å²) in [6.45, 7) is 0.534. The molecule has 202 valence electrons. The number of carbonyl (C=O) groups is 1. The summed E-state index contributed by atoms with van der Waals surface area (Å²) >= 11 is 0. The second kappa shape index (κ2) is 10.6. The van der Waals surface area contributed by atoms with Crippen LogP contribution in [-0.2, 0) is 23.2 Å². The number of ether oxygens (including phenoxy) is 1. The van der Waals surface area contributed by atoms with Crippen molar-refractivity contribution in [2.75, 3.05) is 11.9 Å². The third kappa shape index (κ3) is 5.88. The Morgan fingerprint density at radius 3 is 2.41 bits per heavy atom. The lowest BCUT2D eigenvalue weighted by molar-refractivity contribution is -0.183. The molecule has 1 aliphatic carbocycles. The number of benzene rings is 3. The molecule has 1 amide bonds. The van der Waals surface area contributed by atoms with Gasteiger partial charge in [0, 0.05) is 29.4 Å². The van der Waals surface area contributed by atoms with E-state index in [0.29, 0.717) is 35.3 Å². The summed E-state index contributed by atoms with van der Waals surface area (Å²) < 4.78 is 47.6. The third-order valence-electron chi connectivity index (χ3n) is 6.52. The zero-order valence-electron chi connectivity index (χ0n) is 20.9. The molecule has 1 fully saturated rings. The zero-order chi connectivity index (χ0) is 27.6. The standard InChI is InChI=1S/C29H27F3N4O3/c30-29(31,32)26-16-25(36(35-26)24-11-4-6-20(14-24)17-33)27(37)34-23-10-5-9-22(15-23)28(38,39-18-19-12-13-19)21-7-2-1-3-8-21/h1-11,14-16,19,38H,12-13,17-18,33H2,(H,34,37). The summed E-state index contributed by atoms with van der Waals surface area (Å²) in [6.07, 6.45) is -2.69. The van der Waals surface area contributed by atoms with Crippen molar-refractivity contribution in [1.82, 2.24) is 9.78 Å². The fourth-order valence-electron chi connectivity index (χ4n) is 4.22. The number of nitrogens with zero attached hydrogens (tertiary/aromatic N) is 2. The van der Waals surface area contributed by atoms with E-state index in [0.717, 1.165) is 17.5 Å². The number of hydrogen-bond donors (Lipinski definition) is 3. The molecule has 7 nitrogen and oxygen atoms in total. The van der Waals surface area contributed by atoms with Gasteiger partial charge in [-0.1, -0.05) is 54.6 Å². The lowest BCUT2D eigenvalue weighted by atomic mass is 9.96. The Kier molecular flexibility index (Phi) is 7.26. The van der Waals surface area contributed by atoms with Gasteiger partial charge in [0.2, 0.25) is 5.79 Å². The normalized spacial score (nSPS) is 15.1. The highest BCUT2D eigenvalue weighted by molar-refractivity contribution is 6.03. The van der Waals surface area contributed by atoms with Crippen LogP contribution in [0.4, 0.5) is 18.9 Å². The van der Waals surface area contributed by atoms with Gasteiger partial charge in [0.05, 0.1) is 12.3 Å². The predicted molar refractivity (Wildman–Crippen MR) is 139 cm³/mol. The maximum absolute atomic E-state index is 13.5. The Hall–Kier alpha value is -3.99. The van der Waals surface area contributed by atoms with Crippen molar-refractivity contribution in [3.63, 3.8) is 0 Å². The first-order chi connectivity index (χ1) is 18.7. The van der Waals surface area contributed by atoms with E-state index >= 15 is 0 Å². The summed E-state index contributed by atoms with van der Waals surface area (Å²) in [7, 11) is 0. The minimum absolute atomic E-state index is 0.169. The number of hydrogen-bond acceptors (Lipinski definition) is 5. The van der Waals surface area contributed by atoms with Crippen LogP contribution in [0, 0.1) is 5.92 Å². The summed E-state index contributed by atoms with van der Waals surface area (Å²) in [5.74, 6) is -2.21. The van der Waals surface area contributed by atoms with Crippen molar-refractivity contribution < 1.29 is 27.8 Å². The second-order valence-electron chi connectivity index (χ2n) is 9.50. The highest BCUT2D eigenvalue weighted by Gasteiger charge is 2.37. The van der Waals surface area contributed by atoms with Crippen LogP contribution in [0.5, 0.6) is 0 Å². The minimum atomic E-state index is -4.75. The number of nitrogens with two attached hydrogens (primary N) is 1. The number of rotatable bonds is 9. The van der Waals surface area contributed by atoms with E-state index in [1.165, 1.54) is 6.07 Å². The average molecular weight is 537 g/mol. The van der Waals surface area contributed by atoms with Gasteiger partial charge in [-0.05, 0) is 48.6 Å². The molecule has 1 heterocycles. The molecular formula is C29H27F3N4O3. The number of aromatic nitrogens is 2. The molecule has 3 aromatic carbocycles. The Labute approximate surface area is 223 Å². The molecule has 39 heavy (non-hydrogen) atoms. The fraction of sp³-hybridized carbons (Fsp3) is 0.241. The lowest BCUT2D eigenvalue weighted by Crippen LogP contribution is -2.32. The summed E-state index contributed by atoms with van der Waals surface area (Å²) in [5, 5.41) is 18.0. The summed E-state index contributed by atoms with van der Waals surface area (Å²) in [5.41, 5.74) is 6.25. The lowest BCUT2D eigenvalue weighted by Gasteiger charge is -2.30. The largest absolute Gasteiger partial charge is 0.435 e. The van der Waals surface area contributed by atoms with E-state index in [9.17, 15) is 23.1 Å². The number of alkyl halides is 3. The monoisotopic (exact) mass is 536 g/mol. The topological polar surface area (TPSA) is 102 Å². The molecule has 1 aliphatic rings. The highest BCUT2D eigenvalue weighted by Crippen LogP contribution is 2.37. The molecule has 1 atom stereocenters. The smallest absolute Gasteiger partial charge is 0.358 e. The van der Waals surface area contributed by atoms with E-state index in [1.807, 2.05) is 6.07 Å². The van der Waals surface area contributed by atoms with Crippen LogP contribution < -0.4 is 11.1 Å². The van der Waals surface area contributed by atoms with E-state index in [1.54, 1.807) is 66.7 Å². The Morgan fingerprint density at radius 1 is 1.00 bits per heavy atom. The number of carbonyl (C=O) groups excluding carboxylic acids is 1. The maximum Gasteiger partial charge on any atom is 0.435 e. The maximum atomic E-state index is 13.5. The van der Waals surface area contributed by atoms with Crippen LogP contribution in [-0.4, -0.2) is 27.4 Å². The summed E-state index contributed by atoms with van der Waals surface area (Å²) in [6, 6.07) is 22.5. The predicted octanol–water partition coefficient (Wildman–Crippen LogP) is 5.22. The molecule has 4 aromatic rings. The van der Waals surface area contributed by atoms with Crippen LogP contribution in [0.25, 0.3) is 5.69 Å². The SMILES string of the molecule is NCc1cccc(-n2nc(C(F)(F)F)cc2C(=O)Nc2cccc(C(O)(OCC3CC3)c3ccccc3)c2)c1. The highest BCUT2D eigenvalue weighted by atomic mass is 19.4. The Bertz CT molecular complexity index is 1470. The van der Waals surface area contributed by atoms with Crippen LogP contribution in [0.3, 0.4) is 0 Å². The number of anilines is 1. The fourth-order valence-corrected chi connectivity index (χ4v) is 4.22. The van der Waals surface area contributed by atoms with Crippen molar-refractivity contribution in [2.24, 2.45) is 11.7 Å². The zero-order valence-corrected chi connectivity index (χ0v) is 20.9. The Morgan fingerprint density at radius 2 is 1.72 bits per heavy atom. The van der Waals surface area contributed by atoms with Gasteiger partial charge in [0.1, 0.15) is 5.69 Å². The van der Waals surface area contributed by atoms with Gasteiger partial charge in [0.15, 0.2) is 5.69 Å². The van der Waals surface area contributed by atoms with Crippen LogP contribution in [0.1, 0.15) is 45.7 Å². The quantitative estimate of drug-likeness (QED) is 0.255. The van der Waals surface area contributed by atoms with Crippen LogP contribution >= 0.6 is 0 Å². The number of amides is 1. The van der Waals surface area contributed by atoms with Crippen molar-refractivity contribution in [1.29, 1.82) is 0 Å². The number of aliphatic hydroxyl groups is 1. The van der Waals surface area contributed by atoms with E-state index in [4.69, 9.17) is 10.5 Å². The number of halogens is 3. The van der Waals surface area contributed by atoms with Gasteiger partial charge in [0.25, 0.3) is 5.91 Å². The van der Waals surface area contributed by atoms with Crippen molar-refractivity contribution in [3.05, 3.63) is 113 Å². The summed E-state index contributed by atoms with van der Waals surface area (Å²) in [4.78, 5) is 13.3. The molecule has 4 N–H and O–H groups in total. The van der Waals surface area contributed by atoms with Crippen LogP contribution in [0.15, 0.2) is 84.9 Å². The van der Waals surface area contributed by atoms with Crippen molar-refractivity contribution >= 4 is 11.6 Å². The van der Waals surface area contributed by atoms with Crippen molar-refractivity contribution in [3.8, 4) is 5.69 Å². The molecule has 0 saturated heterocycles. The first-order valence-electron chi connectivity index (χ1n) is 12.5. The molecule has 1 unspecified atom stereocenters. The molecule has 1 saturated carbocycles. The van der Waals surface area contributed by atoms with Gasteiger partial charge in [-0.15, -0.1) is 0 Å². The van der Waals surface area contributed by atoms with Gasteiger partial charge >= 0.3 is 6.18 Å². The molecule has 1 aromatic heterocycles. The third-order valence-corrected chi connectivity index (χ3v) is 6.52. The first kappa shape index (κ1) is 26.6. The van der Waals surface area contributed by atoms with Gasteiger partial charge in [-0.25, -0.2) is 4.68 Å². The van der Waals surface area contributed by atoms with Gasteiger partial charge in [-0.2, -0.15) is 18.3 Å². The molecular weight excluding hydrogens is 509 g/mol. The number of nitrogens with one attached hydrogen (secondary N) is 1. The van der Waals surface area contributed by atoms with E-state index in [-0.39, 0.29) is 23.6 Å². The molecule has 0 spiro atoms. The molecule has 0 bridgehead atoms. The van der Waals surface area contributed by atoms with E-state index in [2.05, 4.69) is 10.4 Å². The second-order valence-corrected chi connectivity index (χ2v) is 9.50. The molecule has 5 rings (SSSR count). The minimum Gasteiger partial charge on any atom is -0.358 e.